The van der Waals surface area contributed by atoms with Gasteiger partial charge in [0.2, 0.25) is 11.3 Å². The number of allylic oxidation sites excluding steroid dienone is 3. The third-order valence-electron chi connectivity index (χ3n) is 1.83. The first-order chi connectivity index (χ1) is 7.79. The van der Waals surface area contributed by atoms with E-state index in [2.05, 4.69) is 64.5 Å². The molecule has 0 saturated carbocycles. The summed E-state index contributed by atoms with van der Waals surface area (Å²) in [5, 5.41) is 8.60. The molecule has 0 spiro atoms. The van der Waals surface area contributed by atoms with Gasteiger partial charge in [-0.15, -0.1) is 0 Å². The van der Waals surface area contributed by atoms with Gasteiger partial charge in [-0.25, -0.2) is 13.7 Å². The van der Waals surface area contributed by atoms with Gasteiger partial charge in [-0.3, -0.25) is 0 Å². The van der Waals surface area contributed by atoms with Crippen molar-refractivity contribution in [3.63, 3.8) is 0 Å². The van der Waals surface area contributed by atoms with Crippen LogP contribution in [0, 0.1) is 11.8 Å². The summed E-state index contributed by atoms with van der Waals surface area (Å²) in [6.45, 7) is 0. The molecular formula is C9H7Br3O4S. The molecule has 0 unspecified atom stereocenters. The Balaban J connectivity index is 3.26. The van der Waals surface area contributed by atoms with Crippen molar-refractivity contribution in [3.05, 3.63) is 22.8 Å². The minimum Gasteiger partial charge on any atom is -0.344 e. The molecule has 0 saturated heterocycles. The molecule has 1 aliphatic rings. The Morgan fingerprint density at radius 3 is 2.53 bits per heavy atom. The first-order valence-corrected chi connectivity index (χ1v) is 8.14. The highest BCUT2D eigenvalue weighted by Gasteiger charge is 2.38. The third-order valence-corrected chi connectivity index (χ3v) is 7.18. The van der Waals surface area contributed by atoms with Crippen LogP contribution in [0.25, 0.3) is 0 Å². The molecule has 0 aromatic heterocycles. The molecule has 0 radical (unpaired) electrons. The van der Waals surface area contributed by atoms with E-state index in [1.54, 1.807) is 0 Å². The zero-order chi connectivity index (χ0) is 13.1. The van der Waals surface area contributed by atoms with Gasteiger partial charge in [0.25, 0.3) is 0 Å². The number of hydrogen-bond donors (Lipinski definition) is 1. The van der Waals surface area contributed by atoms with E-state index in [1.165, 1.54) is 12.2 Å². The highest BCUT2D eigenvalue weighted by molar-refractivity contribution is 9.42. The minimum atomic E-state index is -3.71. The zero-order valence-corrected chi connectivity index (χ0v) is 13.9. The Labute approximate surface area is 124 Å². The summed E-state index contributed by atoms with van der Waals surface area (Å²) in [6, 6.07) is 0. The zero-order valence-electron chi connectivity index (χ0n) is 8.28. The fourth-order valence-electron chi connectivity index (χ4n) is 1.02. The molecule has 0 amide bonds. The van der Waals surface area contributed by atoms with Gasteiger partial charge < -0.3 is 4.89 Å². The third kappa shape index (κ3) is 3.83. The summed E-state index contributed by atoms with van der Waals surface area (Å²) in [5.74, 6) is 5.53. The van der Waals surface area contributed by atoms with E-state index < -0.39 is 11.3 Å². The van der Waals surface area contributed by atoms with Crippen LogP contribution in [0.5, 0.6) is 0 Å². The van der Waals surface area contributed by atoms with Gasteiger partial charge in [0.15, 0.2) is 5.76 Å². The fourth-order valence-corrected chi connectivity index (χ4v) is 3.56. The summed E-state index contributed by atoms with van der Waals surface area (Å²) in [7, 11) is -3.71. The van der Waals surface area contributed by atoms with Crippen LogP contribution in [0.2, 0.25) is 0 Å². The van der Waals surface area contributed by atoms with Crippen molar-refractivity contribution in [2.75, 3.05) is 0 Å². The van der Waals surface area contributed by atoms with Crippen molar-refractivity contribution in [1.82, 2.24) is 0 Å². The molecule has 0 aromatic rings. The maximum Gasteiger partial charge on any atom is 0.239 e. The molecule has 4 nitrogen and oxygen atoms in total. The van der Waals surface area contributed by atoms with Crippen molar-refractivity contribution in [2.45, 2.75) is 14.3 Å². The van der Waals surface area contributed by atoms with Crippen molar-refractivity contribution in [2.24, 2.45) is 0 Å². The fraction of sp³-hybridized carbons (Fsp3) is 0.333. The van der Waals surface area contributed by atoms with Crippen LogP contribution < -0.4 is 0 Å². The van der Waals surface area contributed by atoms with E-state index in [0.29, 0.717) is 6.42 Å². The van der Waals surface area contributed by atoms with E-state index >= 15 is 0 Å². The predicted molar refractivity (Wildman–Crippen MR) is 75.3 cm³/mol. The number of hydrogen-bond acceptors (Lipinski definition) is 4. The predicted octanol–water partition coefficient (Wildman–Crippen LogP) is 3.25. The van der Waals surface area contributed by atoms with Crippen LogP contribution in [-0.4, -0.2) is 15.1 Å². The molecule has 94 valence electrons. The van der Waals surface area contributed by atoms with Gasteiger partial charge in [-0.05, 0) is 53.9 Å². The molecule has 0 heterocycles. The minimum absolute atomic E-state index is 0.00109. The summed E-state index contributed by atoms with van der Waals surface area (Å²) in [4.78, 5) is 4.07. The molecule has 8 heteroatoms. The summed E-state index contributed by atoms with van der Waals surface area (Å²) < 4.78 is 22.7. The number of alkyl halides is 3. The Morgan fingerprint density at radius 2 is 2.00 bits per heavy atom. The highest BCUT2D eigenvalue weighted by Crippen LogP contribution is 2.43. The van der Waals surface area contributed by atoms with Crippen LogP contribution >= 0.6 is 47.8 Å². The van der Waals surface area contributed by atoms with E-state index in [0.717, 1.165) is 0 Å². The summed E-state index contributed by atoms with van der Waals surface area (Å²) >= 11 is 8.88. The molecule has 1 rings (SSSR count). The standard InChI is InChI=1S/C9H7Br3O4S/c10-9(11,12)17(14,15)8-5-3-1-2-4-7(6-8)16-13/h5-6,13H,3-4H2. The SMILES string of the molecule is O=S(=O)(C1=CCC#CCC(OO)=C1)C(Br)(Br)Br. The number of halogens is 3. The van der Waals surface area contributed by atoms with Gasteiger partial charge >= 0.3 is 0 Å². The lowest BCUT2D eigenvalue weighted by molar-refractivity contribution is -0.204. The van der Waals surface area contributed by atoms with E-state index in [-0.39, 0.29) is 17.1 Å². The Kier molecular flexibility index (Phi) is 5.28. The topological polar surface area (TPSA) is 63.6 Å². The molecule has 0 bridgehead atoms. The molecule has 0 fully saturated rings. The highest BCUT2D eigenvalue weighted by atomic mass is 80.0. The van der Waals surface area contributed by atoms with Crippen LogP contribution in [-0.2, 0) is 14.7 Å². The maximum absolute atomic E-state index is 12.1. The lowest BCUT2D eigenvalue weighted by atomic mass is 10.2. The molecular weight excluding hydrogens is 444 g/mol. The summed E-state index contributed by atoms with van der Waals surface area (Å²) in [5.41, 5.74) is 0. The lowest BCUT2D eigenvalue weighted by Crippen LogP contribution is -2.19. The lowest BCUT2D eigenvalue weighted by Gasteiger charge is -2.15. The van der Waals surface area contributed by atoms with Gasteiger partial charge in [-0.1, -0.05) is 17.9 Å². The van der Waals surface area contributed by atoms with Crippen LogP contribution in [0.15, 0.2) is 22.8 Å². The molecule has 0 aliphatic heterocycles. The van der Waals surface area contributed by atoms with Gasteiger partial charge in [0.05, 0.1) is 11.3 Å². The molecule has 17 heavy (non-hydrogen) atoms. The Morgan fingerprint density at radius 1 is 1.35 bits per heavy atom. The van der Waals surface area contributed by atoms with E-state index in [1.807, 2.05) is 0 Å². The van der Waals surface area contributed by atoms with Gasteiger partial charge in [0.1, 0.15) is 0 Å². The van der Waals surface area contributed by atoms with Gasteiger partial charge in [0, 0.05) is 6.42 Å². The molecule has 0 atom stereocenters. The number of sulfone groups is 1. The first-order valence-electron chi connectivity index (χ1n) is 4.28. The monoisotopic (exact) mass is 448 g/mol. The van der Waals surface area contributed by atoms with Crippen molar-refractivity contribution < 1.29 is 18.6 Å². The first kappa shape index (κ1) is 15.2. The maximum atomic E-state index is 12.1. The smallest absolute Gasteiger partial charge is 0.239 e. The van der Waals surface area contributed by atoms with Crippen LogP contribution in [0.1, 0.15) is 12.8 Å². The van der Waals surface area contributed by atoms with Crippen molar-refractivity contribution in [1.29, 1.82) is 0 Å². The molecule has 1 N–H and O–H groups in total. The summed E-state index contributed by atoms with van der Waals surface area (Å²) in [6.07, 6.45) is 3.15. The Bertz CT molecular complexity index is 517. The van der Waals surface area contributed by atoms with Gasteiger partial charge in [-0.2, -0.15) is 0 Å². The van der Waals surface area contributed by atoms with E-state index in [9.17, 15) is 8.42 Å². The second-order valence-electron chi connectivity index (χ2n) is 2.99. The normalized spacial score (nSPS) is 16.9. The van der Waals surface area contributed by atoms with Crippen LogP contribution in [0.3, 0.4) is 0 Å². The number of rotatable bonds is 2. The second kappa shape index (κ2) is 5.89. The largest absolute Gasteiger partial charge is 0.344 e. The quantitative estimate of drug-likeness (QED) is 0.303. The molecule has 1 aliphatic carbocycles. The second-order valence-corrected chi connectivity index (χ2v) is 13.4. The van der Waals surface area contributed by atoms with Crippen molar-refractivity contribution >= 4 is 57.6 Å². The Hall–Kier alpha value is 0.190. The van der Waals surface area contributed by atoms with Crippen LogP contribution in [0.4, 0.5) is 0 Å². The van der Waals surface area contributed by atoms with Crippen molar-refractivity contribution in [3.8, 4) is 11.8 Å². The molecule has 0 aromatic carbocycles. The average Bonchev–Trinajstić information content (AvgIpc) is 2.15. The average molecular weight is 451 g/mol. The van der Waals surface area contributed by atoms with E-state index in [4.69, 9.17) is 5.26 Å².